The third-order valence-corrected chi connectivity index (χ3v) is 2.47. The first-order chi connectivity index (χ1) is 7.50. The fourth-order valence-corrected chi connectivity index (χ4v) is 1.57. The van der Waals surface area contributed by atoms with Crippen LogP contribution in [0.25, 0.3) is 0 Å². The number of anilines is 2. The maximum atomic E-state index is 5.97. The van der Waals surface area contributed by atoms with Gasteiger partial charge >= 0.3 is 0 Å². The lowest BCUT2D eigenvalue weighted by Crippen LogP contribution is -2.24. The first-order valence-electron chi connectivity index (χ1n) is 5.69. The highest BCUT2D eigenvalue weighted by molar-refractivity contribution is 5.68. The van der Waals surface area contributed by atoms with Crippen LogP contribution in [-0.4, -0.2) is 26.3 Å². The minimum absolute atomic E-state index is 0.281. The fraction of sp³-hybridized carbons (Fsp3) is 0.538. The van der Waals surface area contributed by atoms with E-state index in [1.165, 1.54) is 5.56 Å². The van der Waals surface area contributed by atoms with Gasteiger partial charge in [0.25, 0.3) is 0 Å². The van der Waals surface area contributed by atoms with Crippen molar-refractivity contribution in [3.8, 4) is 0 Å². The Morgan fingerprint density at radius 2 is 2.06 bits per heavy atom. The van der Waals surface area contributed by atoms with Gasteiger partial charge < -0.3 is 15.4 Å². The summed E-state index contributed by atoms with van der Waals surface area (Å²) in [5.41, 5.74) is 9.05. The SMILES string of the molecule is Cc1ccc(N(C)CCOC(C)C)c(N)c1. The first kappa shape index (κ1) is 12.8. The molecule has 0 aromatic heterocycles. The van der Waals surface area contributed by atoms with Crippen LogP contribution in [0.1, 0.15) is 19.4 Å². The van der Waals surface area contributed by atoms with Crippen molar-refractivity contribution in [3.05, 3.63) is 23.8 Å². The lowest BCUT2D eigenvalue weighted by Gasteiger charge is -2.21. The molecule has 1 aromatic rings. The highest BCUT2D eigenvalue weighted by atomic mass is 16.5. The van der Waals surface area contributed by atoms with Gasteiger partial charge in [0.2, 0.25) is 0 Å². The Kier molecular flexibility index (Phi) is 4.62. The molecule has 0 unspecified atom stereocenters. The van der Waals surface area contributed by atoms with Gasteiger partial charge in [0.05, 0.1) is 24.1 Å². The monoisotopic (exact) mass is 222 g/mol. The number of likely N-dealkylation sites (N-methyl/N-ethyl adjacent to an activating group) is 1. The summed E-state index contributed by atoms with van der Waals surface area (Å²) in [5, 5.41) is 0. The zero-order valence-corrected chi connectivity index (χ0v) is 10.7. The van der Waals surface area contributed by atoms with Gasteiger partial charge in [0, 0.05) is 13.6 Å². The quantitative estimate of drug-likeness (QED) is 0.778. The highest BCUT2D eigenvalue weighted by Gasteiger charge is 2.05. The number of benzene rings is 1. The molecule has 1 aromatic carbocycles. The van der Waals surface area contributed by atoms with E-state index in [0.29, 0.717) is 0 Å². The molecule has 0 saturated heterocycles. The summed E-state index contributed by atoms with van der Waals surface area (Å²) < 4.78 is 5.52. The smallest absolute Gasteiger partial charge is 0.0644 e. The second-order valence-electron chi connectivity index (χ2n) is 4.40. The molecule has 1 rings (SSSR count). The van der Waals surface area contributed by atoms with Crippen LogP contribution in [0.4, 0.5) is 11.4 Å². The van der Waals surface area contributed by atoms with Crippen molar-refractivity contribution in [1.82, 2.24) is 0 Å². The summed E-state index contributed by atoms with van der Waals surface area (Å²) in [5.74, 6) is 0. The highest BCUT2D eigenvalue weighted by Crippen LogP contribution is 2.22. The molecular formula is C13H22N2O. The molecule has 0 spiro atoms. The van der Waals surface area contributed by atoms with Gasteiger partial charge in [-0.15, -0.1) is 0 Å². The average molecular weight is 222 g/mol. The lowest BCUT2D eigenvalue weighted by molar-refractivity contribution is 0.0846. The first-order valence-corrected chi connectivity index (χ1v) is 5.69. The molecule has 0 fully saturated rings. The summed E-state index contributed by atoms with van der Waals surface area (Å²) in [6.45, 7) is 7.70. The van der Waals surface area contributed by atoms with Gasteiger partial charge in [-0.2, -0.15) is 0 Å². The number of nitrogens with zero attached hydrogens (tertiary/aromatic N) is 1. The van der Waals surface area contributed by atoms with E-state index in [2.05, 4.69) is 17.0 Å². The Bertz CT molecular complexity index is 337. The van der Waals surface area contributed by atoms with Gasteiger partial charge in [0.1, 0.15) is 0 Å². The third kappa shape index (κ3) is 3.74. The van der Waals surface area contributed by atoms with Crippen LogP contribution in [0.15, 0.2) is 18.2 Å². The Balaban J connectivity index is 2.55. The molecule has 0 heterocycles. The number of nitrogens with two attached hydrogens (primary N) is 1. The zero-order chi connectivity index (χ0) is 12.1. The van der Waals surface area contributed by atoms with E-state index in [0.717, 1.165) is 24.5 Å². The predicted octanol–water partition coefficient (Wildman–Crippen LogP) is 2.44. The molecular weight excluding hydrogens is 200 g/mol. The minimum atomic E-state index is 0.281. The van der Waals surface area contributed by atoms with Crippen molar-refractivity contribution < 1.29 is 4.74 Å². The summed E-state index contributed by atoms with van der Waals surface area (Å²) in [6.07, 6.45) is 0.281. The predicted molar refractivity (Wildman–Crippen MR) is 69.9 cm³/mol. The van der Waals surface area contributed by atoms with E-state index in [1.807, 2.05) is 33.9 Å². The molecule has 0 bridgehead atoms. The van der Waals surface area contributed by atoms with Crippen molar-refractivity contribution in [2.45, 2.75) is 26.9 Å². The van der Waals surface area contributed by atoms with Gasteiger partial charge in [-0.05, 0) is 38.5 Å². The van der Waals surface area contributed by atoms with E-state index in [1.54, 1.807) is 0 Å². The Morgan fingerprint density at radius 3 is 2.62 bits per heavy atom. The van der Waals surface area contributed by atoms with Gasteiger partial charge in [-0.3, -0.25) is 0 Å². The Hall–Kier alpha value is -1.22. The second-order valence-corrected chi connectivity index (χ2v) is 4.40. The molecule has 0 aliphatic carbocycles. The fourth-order valence-electron chi connectivity index (χ4n) is 1.57. The van der Waals surface area contributed by atoms with Crippen LogP contribution in [0.3, 0.4) is 0 Å². The molecule has 0 atom stereocenters. The second kappa shape index (κ2) is 5.75. The van der Waals surface area contributed by atoms with Crippen LogP contribution >= 0.6 is 0 Å². The van der Waals surface area contributed by atoms with Crippen molar-refractivity contribution in [1.29, 1.82) is 0 Å². The maximum absolute atomic E-state index is 5.97. The normalized spacial score (nSPS) is 10.8. The summed E-state index contributed by atoms with van der Waals surface area (Å²) in [4.78, 5) is 2.12. The van der Waals surface area contributed by atoms with Gasteiger partial charge in [-0.1, -0.05) is 6.07 Å². The number of nitrogen functional groups attached to an aromatic ring is 1. The van der Waals surface area contributed by atoms with Crippen LogP contribution in [0.5, 0.6) is 0 Å². The summed E-state index contributed by atoms with van der Waals surface area (Å²) in [7, 11) is 2.03. The van der Waals surface area contributed by atoms with Crippen molar-refractivity contribution in [2.75, 3.05) is 30.8 Å². The zero-order valence-electron chi connectivity index (χ0n) is 10.7. The van der Waals surface area contributed by atoms with E-state index in [-0.39, 0.29) is 6.10 Å². The van der Waals surface area contributed by atoms with Crippen molar-refractivity contribution >= 4 is 11.4 Å². The maximum Gasteiger partial charge on any atom is 0.0644 e. The van der Waals surface area contributed by atoms with E-state index >= 15 is 0 Å². The van der Waals surface area contributed by atoms with Crippen LogP contribution < -0.4 is 10.6 Å². The third-order valence-electron chi connectivity index (χ3n) is 2.47. The summed E-state index contributed by atoms with van der Waals surface area (Å²) in [6, 6.07) is 6.13. The number of hydrogen-bond acceptors (Lipinski definition) is 3. The van der Waals surface area contributed by atoms with Crippen LogP contribution in [0, 0.1) is 6.92 Å². The standard InChI is InChI=1S/C13H22N2O/c1-10(2)16-8-7-15(4)13-6-5-11(3)9-12(13)14/h5-6,9-10H,7-8,14H2,1-4H3. The number of hydrogen-bond donors (Lipinski definition) is 1. The molecule has 2 N–H and O–H groups in total. The lowest BCUT2D eigenvalue weighted by atomic mass is 10.2. The van der Waals surface area contributed by atoms with Crippen molar-refractivity contribution in [3.63, 3.8) is 0 Å². The van der Waals surface area contributed by atoms with Gasteiger partial charge in [0.15, 0.2) is 0 Å². The molecule has 3 nitrogen and oxygen atoms in total. The number of aryl methyl sites for hydroxylation is 1. The van der Waals surface area contributed by atoms with Gasteiger partial charge in [-0.25, -0.2) is 0 Å². The molecule has 0 amide bonds. The Labute approximate surface area is 98.2 Å². The topological polar surface area (TPSA) is 38.5 Å². The van der Waals surface area contributed by atoms with E-state index in [9.17, 15) is 0 Å². The largest absolute Gasteiger partial charge is 0.397 e. The molecule has 90 valence electrons. The molecule has 3 heteroatoms. The molecule has 0 aliphatic heterocycles. The molecule has 0 radical (unpaired) electrons. The molecule has 0 saturated carbocycles. The number of ether oxygens (including phenoxy) is 1. The van der Waals surface area contributed by atoms with E-state index < -0.39 is 0 Å². The number of rotatable bonds is 5. The Morgan fingerprint density at radius 1 is 1.38 bits per heavy atom. The summed E-state index contributed by atoms with van der Waals surface area (Å²) >= 11 is 0. The molecule has 16 heavy (non-hydrogen) atoms. The minimum Gasteiger partial charge on any atom is -0.397 e. The van der Waals surface area contributed by atoms with E-state index in [4.69, 9.17) is 10.5 Å². The molecule has 0 aliphatic rings. The average Bonchev–Trinajstić information content (AvgIpc) is 2.16. The van der Waals surface area contributed by atoms with Crippen LogP contribution in [-0.2, 0) is 4.74 Å². The van der Waals surface area contributed by atoms with Crippen molar-refractivity contribution in [2.24, 2.45) is 0 Å². The van der Waals surface area contributed by atoms with Crippen LogP contribution in [0.2, 0.25) is 0 Å².